The Morgan fingerprint density at radius 1 is 1.15 bits per heavy atom. The monoisotopic (exact) mass is 369 g/mol. The first kappa shape index (κ1) is 17.5. The minimum absolute atomic E-state index is 0.234. The summed E-state index contributed by atoms with van der Waals surface area (Å²) in [6, 6.07) is 9.97. The molecule has 0 bridgehead atoms. The summed E-state index contributed by atoms with van der Waals surface area (Å²) in [5.41, 5.74) is 1.26. The number of anilines is 2. The van der Waals surface area contributed by atoms with Gasteiger partial charge in [0.1, 0.15) is 0 Å². The Balaban J connectivity index is 1.90. The summed E-state index contributed by atoms with van der Waals surface area (Å²) in [5, 5.41) is 0. The number of benzene rings is 1. The number of hydrogen-bond acceptors (Lipinski definition) is 5. The van der Waals surface area contributed by atoms with Crippen molar-refractivity contribution < 1.29 is 4.74 Å². The molecule has 1 aliphatic rings. The molecule has 0 amide bonds. The highest BCUT2D eigenvalue weighted by Crippen LogP contribution is 2.30. The van der Waals surface area contributed by atoms with Crippen molar-refractivity contribution >= 4 is 22.8 Å². The average Bonchev–Trinajstić information content (AvgIpc) is 3.09. The molecule has 4 rings (SSSR count). The van der Waals surface area contributed by atoms with Crippen molar-refractivity contribution in [3.05, 3.63) is 51.2 Å². The van der Waals surface area contributed by atoms with Gasteiger partial charge in [-0.2, -0.15) is 4.98 Å². The lowest BCUT2D eigenvalue weighted by atomic mass is 10.2. The first-order chi connectivity index (χ1) is 13.1. The fourth-order valence-electron chi connectivity index (χ4n) is 3.61. The summed E-state index contributed by atoms with van der Waals surface area (Å²) in [4.78, 5) is 32.5. The van der Waals surface area contributed by atoms with E-state index in [-0.39, 0.29) is 17.8 Å². The van der Waals surface area contributed by atoms with Gasteiger partial charge in [0.05, 0.1) is 13.2 Å². The molecule has 0 N–H and O–H groups in total. The second-order valence-corrected chi connectivity index (χ2v) is 6.57. The predicted molar refractivity (Wildman–Crippen MR) is 104 cm³/mol. The molecule has 27 heavy (non-hydrogen) atoms. The van der Waals surface area contributed by atoms with Crippen molar-refractivity contribution in [2.45, 2.75) is 26.4 Å². The van der Waals surface area contributed by atoms with Crippen LogP contribution in [-0.2, 0) is 24.9 Å². The van der Waals surface area contributed by atoms with Crippen molar-refractivity contribution in [2.24, 2.45) is 7.05 Å². The largest absolute Gasteiger partial charge is 0.380 e. The van der Waals surface area contributed by atoms with Crippen LogP contribution < -0.4 is 16.1 Å². The molecule has 8 nitrogen and oxygen atoms in total. The number of rotatable bonds is 5. The van der Waals surface area contributed by atoms with Gasteiger partial charge in [-0.3, -0.25) is 13.9 Å². The topological polar surface area (TPSA) is 74.3 Å². The first-order valence-electron chi connectivity index (χ1n) is 9.24. The van der Waals surface area contributed by atoms with Gasteiger partial charge in [-0.15, -0.1) is 0 Å². The highest BCUT2D eigenvalue weighted by atomic mass is 16.5. The average molecular weight is 369 g/mol. The normalized spacial score (nSPS) is 13.9. The van der Waals surface area contributed by atoms with E-state index in [0.29, 0.717) is 36.9 Å². The molecule has 0 aliphatic carbocycles. The molecule has 1 aromatic carbocycles. The second kappa shape index (κ2) is 7.03. The molecule has 0 spiro atoms. The Kier molecular flexibility index (Phi) is 4.57. The number of aromatic nitrogens is 4. The quantitative estimate of drug-likeness (QED) is 0.637. The van der Waals surface area contributed by atoms with Crippen molar-refractivity contribution in [2.75, 3.05) is 24.7 Å². The fourth-order valence-corrected chi connectivity index (χ4v) is 3.61. The van der Waals surface area contributed by atoms with Gasteiger partial charge in [0, 0.05) is 32.4 Å². The summed E-state index contributed by atoms with van der Waals surface area (Å²) in [7, 11) is 1.66. The van der Waals surface area contributed by atoms with Gasteiger partial charge >= 0.3 is 5.69 Å². The molecule has 3 heterocycles. The van der Waals surface area contributed by atoms with E-state index in [4.69, 9.17) is 4.74 Å². The number of para-hydroxylation sites is 1. The molecule has 0 fully saturated rings. The Morgan fingerprint density at radius 2 is 1.93 bits per heavy atom. The van der Waals surface area contributed by atoms with Gasteiger partial charge < -0.3 is 14.2 Å². The van der Waals surface area contributed by atoms with Gasteiger partial charge in [-0.05, 0) is 25.5 Å². The maximum absolute atomic E-state index is 13.1. The molecule has 142 valence electrons. The van der Waals surface area contributed by atoms with Crippen LogP contribution in [0.5, 0.6) is 0 Å². The smallest absolute Gasteiger partial charge is 0.332 e. The van der Waals surface area contributed by atoms with Crippen molar-refractivity contribution in [1.82, 2.24) is 18.7 Å². The van der Waals surface area contributed by atoms with E-state index < -0.39 is 0 Å². The zero-order valence-electron chi connectivity index (χ0n) is 15.6. The maximum atomic E-state index is 13.1. The van der Waals surface area contributed by atoms with E-state index >= 15 is 0 Å². The minimum atomic E-state index is -0.367. The van der Waals surface area contributed by atoms with Gasteiger partial charge in [0.2, 0.25) is 5.95 Å². The zero-order valence-corrected chi connectivity index (χ0v) is 15.6. The Bertz CT molecular complexity index is 1080. The highest BCUT2D eigenvalue weighted by molar-refractivity contribution is 5.77. The molecular weight excluding hydrogens is 346 g/mol. The highest BCUT2D eigenvalue weighted by Gasteiger charge is 2.26. The van der Waals surface area contributed by atoms with Crippen LogP contribution in [0.2, 0.25) is 0 Å². The SMILES string of the molecule is CCOCCn1c(=O)c2c(nc3n2CCCN3c2ccccc2)n(C)c1=O. The molecule has 0 atom stereocenters. The molecule has 1 aliphatic heterocycles. The number of fused-ring (bicyclic) bond motifs is 3. The van der Waals surface area contributed by atoms with Crippen LogP contribution in [0.15, 0.2) is 39.9 Å². The van der Waals surface area contributed by atoms with E-state index in [1.807, 2.05) is 41.8 Å². The van der Waals surface area contributed by atoms with Crippen LogP contribution in [0.3, 0.4) is 0 Å². The van der Waals surface area contributed by atoms with Crippen molar-refractivity contribution in [3.8, 4) is 0 Å². The molecule has 2 aromatic heterocycles. The van der Waals surface area contributed by atoms with Gasteiger partial charge in [0.15, 0.2) is 11.2 Å². The van der Waals surface area contributed by atoms with E-state index in [9.17, 15) is 9.59 Å². The Hall–Kier alpha value is -2.87. The van der Waals surface area contributed by atoms with Gasteiger partial charge in [-0.25, -0.2) is 4.79 Å². The van der Waals surface area contributed by atoms with Crippen LogP contribution in [0, 0.1) is 0 Å². The van der Waals surface area contributed by atoms with Crippen molar-refractivity contribution in [1.29, 1.82) is 0 Å². The summed E-state index contributed by atoms with van der Waals surface area (Å²) in [6.45, 7) is 4.52. The van der Waals surface area contributed by atoms with Crippen LogP contribution in [0.1, 0.15) is 13.3 Å². The number of nitrogens with zero attached hydrogens (tertiary/aromatic N) is 5. The Labute approximate surface area is 156 Å². The summed E-state index contributed by atoms with van der Waals surface area (Å²) in [6.07, 6.45) is 0.897. The lowest BCUT2D eigenvalue weighted by Gasteiger charge is -2.28. The lowest BCUT2D eigenvalue weighted by molar-refractivity contribution is 0.137. The van der Waals surface area contributed by atoms with E-state index in [1.54, 1.807) is 7.05 Å². The summed E-state index contributed by atoms with van der Waals surface area (Å²) < 4.78 is 9.97. The number of hydrogen-bond donors (Lipinski definition) is 0. The second-order valence-electron chi connectivity index (χ2n) is 6.57. The standard InChI is InChI=1S/C19H23N5O3/c1-3-27-13-12-24-17(25)15-16(21(2)19(24)26)20-18-22(10-7-11-23(15)18)14-8-5-4-6-9-14/h4-6,8-9H,3,7,10-13H2,1-2H3. The third-order valence-corrected chi connectivity index (χ3v) is 4.95. The molecular formula is C19H23N5O3. The van der Waals surface area contributed by atoms with Crippen LogP contribution in [-0.4, -0.2) is 38.4 Å². The number of imidazole rings is 1. The van der Waals surface area contributed by atoms with Gasteiger partial charge in [0.25, 0.3) is 5.56 Å². The molecule has 0 saturated heterocycles. The zero-order chi connectivity index (χ0) is 19.0. The van der Waals surface area contributed by atoms with Crippen LogP contribution in [0.4, 0.5) is 11.6 Å². The fraction of sp³-hybridized carbons (Fsp3) is 0.421. The third kappa shape index (κ3) is 2.86. The van der Waals surface area contributed by atoms with Crippen LogP contribution >= 0.6 is 0 Å². The molecule has 8 heteroatoms. The van der Waals surface area contributed by atoms with Crippen LogP contribution in [0.25, 0.3) is 11.2 Å². The van der Waals surface area contributed by atoms with E-state index in [2.05, 4.69) is 9.88 Å². The third-order valence-electron chi connectivity index (χ3n) is 4.95. The molecule has 0 saturated carbocycles. The molecule has 3 aromatic rings. The minimum Gasteiger partial charge on any atom is -0.380 e. The number of aryl methyl sites for hydroxylation is 2. The summed E-state index contributed by atoms with van der Waals surface area (Å²) >= 11 is 0. The first-order valence-corrected chi connectivity index (χ1v) is 9.24. The van der Waals surface area contributed by atoms with E-state index in [0.717, 1.165) is 18.7 Å². The molecule has 0 unspecified atom stereocenters. The van der Waals surface area contributed by atoms with Gasteiger partial charge in [-0.1, -0.05) is 18.2 Å². The van der Waals surface area contributed by atoms with E-state index in [1.165, 1.54) is 9.13 Å². The predicted octanol–water partition coefficient (Wildman–Crippen LogP) is 1.48. The van der Waals surface area contributed by atoms with Crippen molar-refractivity contribution in [3.63, 3.8) is 0 Å². The molecule has 0 radical (unpaired) electrons. The maximum Gasteiger partial charge on any atom is 0.332 e. The number of ether oxygens (including phenoxy) is 1. The lowest BCUT2D eigenvalue weighted by Crippen LogP contribution is -2.40. The summed E-state index contributed by atoms with van der Waals surface area (Å²) in [5.74, 6) is 0.706. The Morgan fingerprint density at radius 3 is 2.67 bits per heavy atom.